The molecule has 0 bridgehead atoms. The van der Waals surface area contributed by atoms with Gasteiger partial charge in [0.05, 0.1) is 24.6 Å². The van der Waals surface area contributed by atoms with Crippen LogP contribution in [0.4, 0.5) is 0 Å². The minimum atomic E-state index is -0.595. The molecule has 4 rings (SSSR count). The average molecular weight is 451 g/mol. The van der Waals surface area contributed by atoms with Crippen molar-refractivity contribution in [3.63, 3.8) is 0 Å². The Kier molecular flexibility index (Phi) is 7.14. The lowest BCUT2D eigenvalue weighted by molar-refractivity contribution is -0.138. The number of hydrogen-bond acceptors (Lipinski definition) is 5. The van der Waals surface area contributed by atoms with Gasteiger partial charge in [0, 0.05) is 30.9 Å². The SMILES string of the molecule is CC(NC(=O)/C=C/c1cn(Cc2ccccc2)nc1-c1cccs1)C(=O)N1CCOCC1. The van der Waals surface area contributed by atoms with Gasteiger partial charge in [-0.25, -0.2) is 0 Å². The van der Waals surface area contributed by atoms with Crippen LogP contribution >= 0.6 is 11.3 Å². The Morgan fingerprint density at radius 2 is 1.97 bits per heavy atom. The third-order valence-electron chi connectivity index (χ3n) is 5.20. The Hall–Kier alpha value is -3.23. The van der Waals surface area contributed by atoms with Gasteiger partial charge in [-0.15, -0.1) is 11.3 Å². The number of ether oxygens (including phenoxy) is 1. The fourth-order valence-electron chi connectivity index (χ4n) is 3.56. The number of aromatic nitrogens is 2. The van der Waals surface area contributed by atoms with E-state index in [2.05, 4.69) is 17.4 Å². The molecule has 8 heteroatoms. The Balaban J connectivity index is 1.46. The van der Waals surface area contributed by atoms with Crippen molar-refractivity contribution in [1.29, 1.82) is 0 Å². The molecule has 1 fully saturated rings. The molecule has 1 N–H and O–H groups in total. The van der Waals surface area contributed by atoms with Crippen molar-refractivity contribution >= 4 is 29.2 Å². The van der Waals surface area contributed by atoms with E-state index in [1.807, 2.05) is 46.6 Å². The summed E-state index contributed by atoms with van der Waals surface area (Å²) in [5, 5.41) is 9.52. The minimum absolute atomic E-state index is 0.0926. The normalized spacial score (nSPS) is 15.1. The number of carbonyl (C=O) groups excluding carboxylic acids is 2. The Bertz CT molecular complexity index is 1070. The van der Waals surface area contributed by atoms with Crippen LogP contribution in [0.2, 0.25) is 0 Å². The van der Waals surface area contributed by atoms with E-state index in [0.717, 1.165) is 21.7 Å². The van der Waals surface area contributed by atoms with Crippen LogP contribution in [0.15, 0.2) is 60.1 Å². The molecule has 2 aromatic heterocycles. The van der Waals surface area contributed by atoms with Crippen molar-refractivity contribution < 1.29 is 14.3 Å². The molecule has 2 amide bonds. The zero-order valence-corrected chi connectivity index (χ0v) is 18.8. The highest BCUT2D eigenvalue weighted by atomic mass is 32.1. The van der Waals surface area contributed by atoms with Crippen molar-refractivity contribution in [2.75, 3.05) is 26.3 Å². The first-order chi connectivity index (χ1) is 15.6. The highest BCUT2D eigenvalue weighted by Gasteiger charge is 2.23. The van der Waals surface area contributed by atoms with E-state index >= 15 is 0 Å². The zero-order valence-electron chi connectivity index (χ0n) is 17.9. The van der Waals surface area contributed by atoms with Gasteiger partial charge in [0.15, 0.2) is 0 Å². The number of benzene rings is 1. The molecule has 7 nitrogen and oxygen atoms in total. The monoisotopic (exact) mass is 450 g/mol. The van der Waals surface area contributed by atoms with Crippen molar-refractivity contribution in [3.05, 3.63) is 71.2 Å². The van der Waals surface area contributed by atoms with Gasteiger partial charge in [0.2, 0.25) is 11.8 Å². The fraction of sp³-hybridized carbons (Fsp3) is 0.292. The second-order valence-corrected chi connectivity index (χ2v) is 8.54. The van der Waals surface area contributed by atoms with Gasteiger partial charge < -0.3 is 15.0 Å². The quantitative estimate of drug-likeness (QED) is 0.562. The first kappa shape index (κ1) is 22.0. The molecule has 3 aromatic rings. The highest BCUT2D eigenvalue weighted by Crippen LogP contribution is 2.27. The molecule has 0 aliphatic carbocycles. The Labute approximate surface area is 191 Å². The Morgan fingerprint density at radius 1 is 1.19 bits per heavy atom. The lowest BCUT2D eigenvalue weighted by Crippen LogP contribution is -2.50. The lowest BCUT2D eigenvalue weighted by atomic mass is 10.2. The second-order valence-electron chi connectivity index (χ2n) is 7.59. The van der Waals surface area contributed by atoms with E-state index < -0.39 is 6.04 Å². The molecule has 166 valence electrons. The van der Waals surface area contributed by atoms with Gasteiger partial charge in [-0.05, 0) is 30.0 Å². The summed E-state index contributed by atoms with van der Waals surface area (Å²) in [6.45, 7) is 4.53. The molecule has 1 unspecified atom stereocenters. The fourth-order valence-corrected chi connectivity index (χ4v) is 4.29. The molecule has 0 spiro atoms. The van der Waals surface area contributed by atoms with Gasteiger partial charge in [-0.1, -0.05) is 36.4 Å². The van der Waals surface area contributed by atoms with Crippen molar-refractivity contribution in [2.24, 2.45) is 0 Å². The zero-order chi connectivity index (χ0) is 22.3. The maximum atomic E-state index is 12.5. The van der Waals surface area contributed by atoms with E-state index in [9.17, 15) is 9.59 Å². The van der Waals surface area contributed by atoms with Gasteiger partial charge >= 0.3 is 0 Å². The number of rotatable bonds is 7. The first-order valence-corrected chi connectivity index (χ1v) is 11.5. The van der Waals surface area contributed by atoms with Crippen LogP contribution < -0.4 is 5.32 Å². The van der Waals surface area contributed by atoms with E-state index in [-0.39, 0.29) is 11.8 Å². The van der Waals surface area contributed by atoms with E-state index in [1.165, 1.54) is 6.08 Å². The molecule has 0 radical (unpaired) electrons. The molecule has 32 heavy (non-hydrogen) atoms. The molecule has 1 aliphatic rings. The van der Waals surface area contributed by atoms with Crippen LogP contribution in [-0.2, 0) is 20.9 Å². The van der Waals surface area contributed by atoms with Crippen LogP contribution in [0, 0.1) is 0 Å². The lowest BCUT2D eigenvalue weighted by Gasteiger charge is -2.29. The van der Waals surface area contributed by atoms with Crippen LogP contribution in [0.3, 0.4) is 0 Å². The number of thiophene rings is 1. The van der Waals surface area contributed by atoms with Gasteiger partial charge in [-0.2, -0.15) is 5.10 Å². The smallest absolute Gasteiger partial charge is 0.245 e. The number of morpholine rings is 1. The number of carbonyl (C=O) groups is 2. The van der Waals surface area contributed by atoms with Gasteiger partial charge in [-0.3, -0.25) is 14.3 Å². The summed E-state index contributed by atoms with van der Waals surface area (Å²) >= 11 is 1.60. The van der Waals surface area contributed by atoms with Crippen LogP contribution in [0.25, 0.3) is 16.6 Å². The van der Waals surface area contributed by atoms with E-state index in [4.69, 9.17) is 9.84 Å². The summed E-state index contributed by atoms with van der Waals surface area (Å²) in [5.74, 6) is -0.406. The summed E-state index contributed by atoms with van der Waals surface area (Å²) in [6.07, 6.45) is 5.16. The minimum Gasteiger partial charge on any atom is -0.378 e. The topological polar surface area (TPSA) is 76.5 Å². The van der Waals surface area contributed by atoms with Crippen LogP contribution in [0.1, 0.15) is 18.1 Å². The third-order valence-corrected chi connectivity index (χ3v) is 6.07. The maximum absolute atomic E-state index is 12.5. The molecule has 1 aliphatic heterocycles. The average Bonchev–Trinajstić information content (AvgIpc) is 3.48. The second kappa shape index (κ2) is 10.4. The predicted octanol–water partition coefficient (Wildman–Crippen LogP) is 3.04. The summed E-state index contributed by atoms with van der Waals surface area (Å²) in [7, 11) is 0. The summed E-state index contributed by atoms with van der Waals surface area (Å²) in [5.41, 5.74) is 2.83. The van der Waals surface area contributed by atoms with Gasteiger partial charge in [0.1, 0.15) is 11.7 Å². The Morgan fingerprint density at radius 3 is 2.69 bits per heavy atom. The van der Waals surface area contributed by atoms with E-state index in [1.54, 1.807) is 29.2 Å². The summed E-state index contributed by atoms with van der Waals surface area (Å²) in [4.78, 5) is 27.8. The van der Waals surface area contributed by atoms with Crippen molar-refractivity contribution in [3.8, 4) is 10.6 Å². The van der Waals surface area contributed by atoms with E-state index in [0.29, 0.717) is 32.8 Å². The first-order valence-electron chi connectivity index (χ1n) is 10.6. The summed E-state index contributed by atoms with van der Waals surface area (Å²) in [6, 6.07) is 13.5. The standard InChI is InChI=1S/C24H26N4O3S/c1-18(24(30)27-11-13-31-14-12-27)25-22(29)10-9-20-17-28(16-19-6-3-2-4-7-19)26-23(20)21-8-5-15-32-21/h2-10,15,17-18H,11-14,16H2,1H3,(H,25,29)/b10-9+. The summed E-state index contributed by atoms with van der Waals surface area (Å²) < 4.78 is 7.16. The number of nitrogens with one attached hydrogen (secondary N) is 1. The number of hydrogen-bond donors (Lipinski definition) is 1. The molecule has 1 atom stereocenters. The molecule has 1 aromatic carbocycles. The van der Waals surface area contributed by atoms with Crippen molar-refractivity contribution in [2.45, 2.75) is 19.5 Å². The number of amides is 2. The van der Waals surface area contributed by atoms with Gasteiger partial charge in [0.25, 0.3) is 0 Å². The number of nitrogens with zero attached hydrogens (tertiary/aromatic N) is 3. The highest BCUT2D eigenvalue weighted by molar-refractivity contribution is 7.13. The van der Waals surface area contributed by atoms with Crippen LogP contribution in [0.5, 0.6) is 0 Å². The van der Waals surface area contributed by atoms with Crippen molar-refractivity contribution in [1.82, 2.24) is 20.0 Å². The molecule has 1 saturated heterocycles. The van der Waals surface area contributed by atoms with Crippen LogP contribution in [-0.4, -0.2) is 58.8 Å². The largest absolute Gasteiger partial charge is 0.378 e. The molecule has 0 saturated carbocycles. The third kappa shape index (κ3) is 5.52. The maximum Gasteiger partial charge on any atom is 0.245 e. The molecular weight excluding hydrogens is 424 g/mol. The molecule has 3 heterocycles. The predicted molar refractivity (Wildman–Crippen MR) is 125 cm³/mol. The molecular formula is C24H26N4O3S.